The molecule has 0 bridgehead atoms. The Balaban J connectivity index is 1.80. The van der Waals surface area contributed by atoms with E-state index in [1.54, 1.807) is 11.2 Å². The Labute approximate surface area is 210 Å². The third-order valence-corrected chi connectivity index (χ3v) is 6.20. The van der Waals surface area contributed by atoms with Crippen LogP contribution in [0, 0.1) is 11.6 Å². The zero-order valence-corrected chi connectivity index (χ0v) is 21.1. The van der Waals surface area contributed by atoms with Crippen molar-refractivity contribution in [2.75, 3.05) is 14.1 Å². The molecule has 3 aromatic carbocycles. The lowest BCUT2D eigenvalue weighted by atomic mass is 9.96. The second-order valence-electron chi connectivity index (χ2n) is 9.53. The van der Waals surface area contributed by atoms with Gasteiger partial charge >= 0.3 is 0 Å². The number of halogens is 2. The van der Waals surface area contributed by atoms with Crippen LogP contribution in [-0.4, -0.2) is 35.7 Å². The van der Waals surface area contributed by atoms with Crippen molar-refractivity contribution in [1.29, 1.82) is 0 Å². The van der Waals surface area contributed by atoms with Crippen LogP contribution in [0.1, 0.15) is 58.9 Å². The molecule has 0 N–H and O–H groups in total. The molecule has 0 unspecified atom stereocenters. The number of nitrogens with zero attached hydrogens (tertiary/aromatic N) is 3. The number of carbonyl (C=O) groups excluding carboxylic acids is 1. The highest BCUT2D eigenvalue weighted by Gasteiger charge is 2.24. The lowest BCUT2D eigenvalue weighted by Crippen LogP contribution is -2.11. The van der Waals surface area contributed by atoms with Crippen LogP contribution in [0.15, 0.2) is 71.8 Å². The van der Waals surface area contributed by atoms with E-state index in [9.17, 15) is 13.6 Å². The third kappa shape index (κ3) is 5.54. The Morgan fingerprint density at radius 3 is 2.39 bits per heavy atom. The molecular weight excluding hydrogens is 456 g/mol. The lowest BCUT2D eigenvalue weighted by molar-refractivity contribution is 0.0983. The van der Waals surface area contributed by atoms with Gasteiger partial charge in [0, 0.05) is 49.2 Å². The van der Waals surface area contributed by atoms with Crippen molar-refractivity contribution in [1.82, 2.24) is 9.58 Å². The van der Waals surface area contributed by atoms with E-state index < -0.39 is 11.6 Å². The Kier molecular flexibility index (Phi) is 7.63. The molecule has 0 aliphatic carbocycles. The van der Waals surface area contributed by atoms with E-state index in [4.69, 9.17) is 0 Å². The van der Waals surface area contributed by atoms with Gasteiger partial charge in [-0.2, -0.15) is 5.10 Å². The number of ketones is 1. The molecular formula is C30H31F2N3O. The molecule has 0 saturated carbocycles. The Morgan fingerprint density at radius 2 is 1.72 bits per heavy atom. The molecule has 4 rings (SSSR count). The summed E-state index contributed by atoms with van der Waals surface area (Å²) in [5.41, 5.74) is 5.34. The van der Waals surface area contributed by atoms with Crippen molar-refractivity contribution in [2.45, 2.75) is 39.2 Å². The minimum atomic E-state index is -0.894. The summed E-state index contributed by atoms with van der Waals surface area (Å²) in [6.07, 6.45) is 2.35. The average Bonchev–Trinajstić information content (AvgIpc) is 3.17. The average molecular weight is 488 g/mol. The predicted octanol–water partition coefficient (Wildman–Crippen LogP) is 6.80. The van der Waals surface area contributed by atoms with Gasteiger partial charge in [-0.3, -0.25) is 4.79 Å². The van der Waals surface area contributed by atoms with Crippen LogP contribution in [0.25, 0.3) is 10.9 Å². The van der Waals surface area contributed by atoms with Crippen LogP contribution in [0.3, 0.4) is 0 Å². The highest BCUT2D eigenvalue weighted by molar-refractivity contribution is 6.10. The fraction of sp³-hybridized carbons (Fsp3) is 0.267. The van der Waals surface area contributed by atoms with E-state index >= 15 is 0 Å². The number of hydrogen-bond donors (Lipinski definition) is 0. The summed E-state index contributed by atoms with van der Waals surface area (Å²) in [6, 6.07) is 20.0. The van der Waals surface area contributed by atoms with Gasteiger partial charge in [-0.1, -0.05) is 62.4 Å². The van der Waals surface area contributed by atoms with Crippen LogP contribution in [0.4, 0.5) is 8.78 Å². The molecule has 4 aromatic rings. The maximum atomic E-state index is 13.7. The molecule has 4 nitrogen and oxygen atoms in total. The van der Waals surface area contributed by atoms with Gasteiger partial charge in [-0.15, -0.1) is 0 Å². The quantitative estimate of drug-likeness (QED) is 0.148. The second kappa shape index (κ2) is 10.9. The fourth-order valence-electron chi connectivity index (χ4n) is 4.56. The summed E-state index contributed by atoms with van der Waals surface area (Å²) in [4.78, 5) is 13.7. The first-order valence-corrected chi connectivity index (χ1v) is 12.1. The van der Waals surface area contributed by atoms with Crippen LogP contribution < -0.4 is 0 Å². The molecule has 0 radical (unpaired) electrons. The molecule has 0 atom stereocenters. The Bertz CT molecular complexity index is 1400. The number of hydrogen-bond acceptors (Lipinski definition) is 3. The van der Waals surface area contributed by atoms with E-state index in [1.165, 1.54) is 12.1 Å². The van der Waals surface area contributed by atoms with Crippen molar-refractivity contribution in [2.24, 2.45) is 5.10 Å². The first-order valence-electron chi connectivity index (χ1n) is 12.1. The van der Waals surface area contributed by atoms with E-state index in [0.717, 1.165) is 33.8 Å². The van der Waals surface area contributed by atoms with E-state index in [-0.39, 0.29) is 18.1 Å². The Hall–Kier alpha value is -3.80. The number of fused-ring (bicyclic) bond motifs is 1. The molecule has 6 heteroatoms. The zero-order chi connectivity index (χ0) is 25.8. The molecule has 0 aliphatic rings. The van der Waals surface area contributed by atoms with Crippen LogP contribution in [-0.2, 0) is 13.0 Å². The normalized spacial score (nSPS) is 11.6. The van der Waals surface area contributed by atoms with Crippen molar-refractivity contribution < 1.29 is 13.6 Å². The van der Waals surface area contributed by atoms with E-state index in [1.807, 2.05) is 44.4 Å². The summed E-state index contributed by atoms with van der Waals surface area (Å²) in [6.45, 7) is 4.82. The van der Waals surface area contributed by atoms with Crippen molar-refractivity contribution >= 4 is 22.9 Å². The SMILES string of the molecule is CC(C)c1c(C(=O)CCc2ccc(F)c(F)c2)c2ccc(/C=N\N(C)C)cc2n1Cc1ccccc1. The second-order valence-corrected chi connectivity index (χ2v) is 9.53. The molecule has 0 aliphatic heterocycles. The van der Waals surface area contributed by atoms with Crippen LogP contribution >= 0.6 is 0 Å². The monoisotopic (exact) mass is 487 g/mol. The maximum absolute atomic E-state index is 13.7. The van der Waals surface area contributed by atoms with Gasteiger partial charge < -0.3 is 9.58 Å². The number of Topliss-reactive ketones (excluding diaryl/α,β-unsaturated/α-hetero) is 1. The van der Waals surface area contributed by atoms with E-state index in [0.29, 0.717) is 24.1 Å². The van der Waals surface area contributed by atoms with Gasteiger partial charge in [0.05, 0.1) is 6.21 Å². The summed E-state index contributed by atoms with van der Waals surface area (Å²) in [7, 11) is 3.74. The number of hydrazone groups is 1. The topological polar surface area (TPSA) is 37.6 Å². The molecule has 36 heavy (non-hydrogen) atoms. The number of benzene rings is 3. The molecule has 0 amide bonds. The highest BCUT2D eigenvalue weighted by Crippen LogP contribution is 2.34. The van der Waals surface area contributed by atoms with Crippen molar-refractivity contribution in [3.05, 3.63) is 106 Å². The molecule has 1 heterocycles. The largest absolute Gasteiger partial charge is 0.339 e. The first-order chi connectivity index (χ1) is 17.2. The van der Waals surface area contributed by atoms with Gasteiger partial charge in [-0.05, 0) is 47.2 Å². The van der Waals surface area contributed by atoms with Gasteiger partial charge in [0.25, 0.3) is 0 Å². The van der Waals surface area contributed by atoms with E-state index in [2.05, 4.69) is 41.7 Å². The van der Waals surface area contributed by atoms with Gasteiger partial charge in [0.1, 0.15) is 0 Å². The summed E-state index contributed by atoms with van der Waals surface area (Å²) in [5.74, 6) is -1.68. The molecule has 0 fully saturated rings. The molecule has 0 spiro atoms. The Morgan fingerprint density at radius 1 is 0.972 bits per heavy atom. The standard InChI is InChI=1S/C30H31F2N3O/c1-20(2)30-29(28(36)15-12-21-11-14-25(31)26(32)16-21)24-13-10-23(18-33-34(3)4)17-27(24)35(30)19-22-8-6-5-7-9-22/h5-11,13-14,16-18,20H,12,15,19H2,1-4H3/b33-18-. The molecule has 186 valence electrons. The minimum Gasteiger partial charge on any atom is -0.339 e. The highest BCUT2D eigenvalue weighted by atomic mass is 19.2. The van der Waals surface area contributed by atoms with Crippen molar-refractivity contribution in [3.8, 4) is 0 Å². The molecule has 0 saturated heterocycles. The predicted molar refractivity (Wildman–Crippen MR) is 142 cm³/mol. The zero-order valence-electron chi connectivity index (χ0n) is 21.1. The van der Waals surface area contributed by atoms with Crippen molar-refractivity contribution in [3.63, 3.8) is 0 Å². The minimum absolute atomic E-state index is 0.00467. The number of aryl methyl sites for hydroxylation is 1. The molecule has 1 aromatic heterocycles. The number of carbonyl (C=O) groups is 1. The third-order valence-electron chi connectivity index (χ3n) is 6.20. The summed E-state index contributed by atoms with van der Waals surface area (Å²) in [5, 5.41) is 7.00. The van der Waals surface area contributed by atoms with Gasteiger partial charge in [0.2, 0.25) is 0 Å². The first kappa shape index (κ1) is 25.3. The smallest absolute Gasteiger partial charge is 0.165 e. The summed E-state index contributed by atoms with van der Waals surface area (Å²) >= 11 is 0. The fourth-order valence-corrected chi connectivity index (χ4v) is 4.56. The lowest BCUT2D eigenvalue weighted by Gasteiger charge is -2.15. The summed E-state index contributed by atoms with van der Waals surface area (Å²) < 4.78 is 29.3. The van der Waals surface area contributed by atoms with Gasteiger partial charge in [-0.25, -0.2) is 8.78 Å². The van der Waals surface area contributed by atoms with Gasteiger partial charge in [0.15, 0.2) is 17.4 Å². The maximum Gasteiger partial charge on any atom is 0.165 e. The van der Waals surface area contributed by atoms with Crippen LogP contribution in [0.5, 0.6) is 0 Å². The number of rotatable bonds is 9. The number of aromatic nitrogens is 1. The van der Waals surface area contributed by atoms with Crippen LogP contribution in [0.2, 0.25) is 0 Å².